The number of benzene rings is 1. The molecule has 1 fully saturated rings. The van der Waals surface area contributed by atoms with Crippen LogP contribution in [0.5, 0.6) is 11.5 Å². The highest BCUT2D eigenvalue weighted by atomic mass is 16.7. The highest BCUT2D eigenvalue weighted by Crippen LogP contribution is 2.31. The third-order valence-electron chi connectivity index (χ3n) is 3.38. The third-order valence-corrected chi connectivity index (χ3v) is 3.38. The van der Waals surface area contributed by atoms with E-state index in [4.69, 9.17) is 19.3 Å². The highest BCUT2D eigenvalue weighted by Gasteiger charge is 2.48. The number of aldehydes is 1. The van der Waals surface area contributed by atoms with Crippen molar-refractivity contribution in [2.24, 2.45) is 0 Å². The normalized spacial score (nSPS) is 30.5. The van der Waals surface area contributed by atoms with Gasteiger partial charge in [-0.1, -0.05) is 0 Å². The number of aliphatic hydroxyl groups is 3. The van der Waals surface area contributed by atoms with Crippen molar-refractivity contribution in [3.63, 3.8) is 0 Å². The van der Waals surface area contributed by atoms with E-state index in [1.807, 2.05) is 0 Å². The minimum atomic E-state index is -1.80. The van der Waals surface area contributed by atoms with E-state index in [-0.39, 0.29) is 11.5 Å². The molecule has 4 N–H and O–H groups in total. The summed E-state index contributed by atoms with van der Waals surface area (Å²) in [4.78, 5) is 21.8. The van der Waals surface area contributed by atoms with Gasteiger partial charge in [0.1, 0.15) is 24.6 Å². The zero-order valence-electron chi connectivity index (χ0n) is 12.0. The molecule has 1 aromatic carbocycles. The molecule has 0 aliphatic carbocycles. The monoisotopic (exact) mass is 328 g/mol. The summed E-state index contributed by atoms with van der Waals surface area (Å²) in [6, 6.07) is 4.16. The highest BCUT2D eigenvalue weighted by molar-refractivity contribution is 5.76. The molecule has 0 aromatic heterocycles. The number of hydrogen-bond acceptors (Lipinski definition) is 8. The summed E-state index contributed by atoms with van der Waals surface area (Å²) in [5.74, 6) is -1.30. The molecule has 126 valence electrons. The van der Waals surface area contributed by atoms with Gasteiger partial charge in [-0.2, -0.15) is 0 Å². The SMILES string of the molecule is COc1cc(C=O)ccc1OC1OC(C(=O)O)C(O)C(O)C1O. The van der Waals surface area contributed by atoms with Gasteiger partial charge in [0.25, 0.3) is 0 Å². The van der Waals surface area contributed by atoms with Gasteiger partial charge in [-0.15, -0.1) is 0 Å². The van der Waals surface area contributed by atoms with Crippen molar-refractivity contribution in [3.05, 3.63) is 23.8 Å². The molecule has 5 atom stereocenters. The fourth-order valence-electron chi connectivity index (χ4n) is 2.13. The predicted octanol–water partition coefficient (Wildman–Crippen LogP) is -1.22. The van der Waals surface area contributed by atoms with E-state index in [0.717, 1.165) is 0 Å². The topological polar surface area (TPSA) is 143 Å². The fourth-order valence-corrected chi connectivity index (χ4v) is 2.13. The van der Waals surface area contributed by atoms with E-state index >= 15 is 0 Å². The molecule has 1 aliphatic heterocycles. The first kappa shape index (κ1) is 17.2. The Hall–Kier alpha value is -2.20. The van der Waals surface area contributed by atoms with E-state index in [2.05, 4.69) is 0 Å². The third kappa shape index (κ3) is 3.42. The summed E-state index contributed by atoms with van der Waals surface area (Å²) in [7, 11) is 1.33. The second-order valence-corrected chi connectivity index (χ2v) is 4.88. The van der Waals surface area contributed by atoms with Crippen LogP contribution < -0.4 is 9.47 Å². The van der Waals surface area contributed by atoms with Crippen LogP contribution in [0.3, 0.4) is 0 Å². The summed E-state index contributed by atoms with van der Waals surface area (Å²) in [5, 5.41) is 38.2. The Morgan fingerprint density at radius 3 is 2.43 bits per heavy atom. The quantitative estimate of drug-likeness (QED) is 0.489. The van der Waals surface area contributed by atoms with Gasteiger partial charge < -0.3 is 34.6 Å². The molecule has 1 aliphatic rings. The Labute approximate surface area is 130 Å². The summed E-state index contributed by atoms with van der Waals surface area (Å²) < 4.78 is 15.4. The van der Waals surface area contributed by atoms with Crippen LogP contribution in [-0.2, 0) is 9.53 Å². The number of carboxylic acids is 1. The maximum absolute atomic E-state index is 11.0. The van der Waals surface area contributed by atoms with E-state index in [1.165, 1.54) is 25.3 Å². The number of methoxy groups -OCH3 is 1. The maximum Gasteiger partial charge on any atom is 0.335 e. The lowest BCUT2D eigenvalue weighted by Gasteiger charge is -2.38. The molecule has 1 heterocycles. The first-order valence-electron chi connectivity index (χ1n) is 6.61. The molecule has 1 aromatic rings. The Morgan fingerprint density at radius 1 is 1.17 bits per heavy atom. The van der Waals surface area contributed by atoms with E-state index in [0.29, 0.717) is 11.8 Å². The first-order chi connectivity index (χ1) is 10.9. The largest absolute Gasteiger partial charge is 0.493 e. The Bertz CT molecular complexity index is 588. The van der Waals surface area contributed by atoms with Crippen LogP contribution in [0.4, 0.5) is 0 Å². The minimum Gasteiger partial charge on any atom is -0.493 e. The number of aliphatic hydroxyl groups excluding tert-OH is 3. The van der Waals surface area contributed by atoms with Gasteiger partial charge in [0.05, 0.1) is 7.11 Å². The molecule has 1 saturated heterocycles. The van der Waals surface area contributed by atoms with Gasteiger partial charge in [-0.05, 0) is 18.2 Å². The Balaban J connectivity index is 2.24. The standard InChI is InChI=1S/C14H16O9/c1-21-8-4-6(5-15)2-3-7(8)22-14-11(18)9(16)10(17)12(23-14)13(19)20/h2-5,9-12,14,16-18H,1H3,(H,19,20). The zero-order chi connectivity index (χ0) is 17.1. The summed E-state index contributed by atoms with van der Waals surface area (Å²) in [6.45, 7) is 0. The number of carboxylic acid groups (broad SMARTS) is 1. The van der Waals surface area contributed by atoms with Crippen molar-refractivity contribution in [2.75, 3.05) is 7.11 Å². The summed E-state index contributed by atoms with van der Waals surface area (Å²) >= 11 is 0. The molecular weight excluding hydrogens is 312 g/mol. The Kier molecular flexibility index (Phi) is 5.16. The lowest BCUT2D eigenvalue weighted by atomic mass is 9.99. The second-order valence-electron chi connectivity index (χ2n) is 4.88. The molecular formula is C14H16O9. The number of rotatable bonds is 5. The molecule has 0 spiro atoms. The molecule has 9 heteroatoms. The molecule has 0 bridgehead atoms. The van der Waals surface area contributed by atoms with E-state index < -0.39 is 36.7 Å². The zero-order valence-corrected chi connectivity index (χ0v) is 12.0. The lowest BCUT2D eigenvalue weighted by molar-refractivity contribution is -0.271. The predicted molar refractivity (Wildman–Crippen MR) is 73.3 cm³/mol. The van der Waals surface area contributed by atoms with Gasteiger partial charge >= 0.3 is 5.97 Å². The fraction of sp³-hybridized carbons (Fsp3) is 0.429. The number of ether oxygens (including phenoxy) is 3. The molecule has 2 rings (SSSR count). The smallest absolute Gasteiger partial charge is 0.335 e. The molecule has 23 heavy (non-hydrogen) atoms. The first-order valence-corrected chi connectivity index (χ1v) is 6.61. The molecule has 9 nitrogen and oxygen atoms in total. The van der Waals surface area contributed by atoms with Crippen molar-refractivity contribution in [3.8, 4) is 11.5 Å². The van der Waals surface area contributed by atoms with E-state index in [9.17, 15) is 24.9 Å². The number of carbonyl (C=O) groups is 2. The van der Waals surface area contributed by atoms with Gasteiger partial charge in [0.2, 0.25) is 6.29 Å². The van der Waals surface area contributed by atoms with Crippen LogP contribution in [0.25, 0.3) is 0 Å². The molecule has 0 amide bonds. The van der Waals surface area contributed by atoms with Crippen LogP contribution in [0, 0.1) is 0 Å². The number of aliphatic carboxylic acids is 1. The van der Waals surface area contributed by atoms with Crippen molar-refractivity contribution in [2.45, 2.75) is 30.7 Å². The number of hydrogen-bond donors (Lipinski definition) is 4. The van der Waals surface area contributed by atoms with Crippen molar-refractivity contribution >= 4 is 12.3 Å². The molecule has 0 saturated carbocycles. The van der Waals surface area contributed by atoms with E-state index in [1.54, 1.807) is 0 Å². The lowest BCUT2D eigenvalue weighted by Crippen LogP contribution is -2.61. The second kappa shape index (κ2) is 6.92. The van der Waals surface area contributed by atoms with Gasteiger partial charge in [0.15, 0.2) is 17.6 Å². The average molecular weight is 328 g/mol. The van der Waals surface area contributed by atoms with Crippen LogP contribution in [0.2, 0.25) is 0 Å². The van der Waals surface area contributed by atoms with Crippen LogP contribution >= 0.6 is 0 Å². The van der Waals surface area contributed by atoms with Crippen LogP contribution in [0.1, 0.15) is 10.4 Å². The van der Waals surface area contributed by atoms with Crippen LogP contribution in [-0.4, -0.2) is 70.5 Å². The summed E-state index contributed by atoms with van der Waals surface area (Å²) in [6.07, 6.45) is -7.98. The van der Waals surface area contributed by atoms with Gasteiger partial charge in [-0.25, -0.2) is 4.79 Å². The molecule has 5 unspecified atom stereocenters. The summed E-state index contributed by atoms with van der Waals surface area (Å²) in [5.41, 5.74) is 0.318. The number of carbonyl (C=O) groups excluding carboxylic acids is 1. The minimum absolute atomic E-state index is 0.0647. The average Bonchev–Trinajstić information content (AvgIpc) is 2.55. The van der Waals surface area contributed by atoms with Crippen molar-refractivity contribution in [1.29, 1.82) is 0 Å². The van der Waals surface area contributed by atoms with Crippen molar-refractivity contribution < 1.29 is 44.2 Å². The molecule has 0 radical (unpaired) electrons. The maximum atomic E-state index is 11.0. The van der Waals surface area contributed by atoms with Crippen molar-refractivity contribution in [1.82, 2.24) is 0 Å². The van der Waals surface area contributed by atoms with Gasteiger partial charge in [0, 0.05) is 5.56 Å². The Morgan fingerprint density at radius 2 is 1.87 bits per heavy atom. The van der Waals surface area contributed by atoms with Gasteiger partial charge in [-0.3, -0.25) is 4.79 Å². The van der Waals surface area contributed by atoms with Crippen LogP contribution in [0.15, 0.2) is 18.2 Å².